The number of hydrogen-bond donors (Lipinski definition) is 0. The molecule has 178 valence electrons. The molecule has 0 amide bonds. The molecule has 4 heterocycles. The summed E-state index contributed by atoms with van der Waals surface area (Å²) in [5.74, 6) is 1.89. The summed E-state index contributed by atoms with van der Waals surface area (Å²) in [7, 11) is 0. The highest BCUT2D eigenvalue weighted by Crippen LogP contribution is 2.31. The molecule has 1 atom stereocenters. The molecule has 0 bridgehead atoms. The van der Waals surface area contributed by atoms with Crippen LogP contribution in [-0.2, 0) is 17.0 Å². The number of nitrogens with zero attached hydrogens (tertiary/aromatic N) is 3. The van der Waals surface area contributed by atoms with Gasteiger partial charge in [-0.2, -0.15) is 0 Å². The number of aromatic nitrogens is 3. The number of oxazole rings is 1. The van der Waals surface area contributed by atoms with Crippen molar-refractivity contribution in [1.29, 1.82) is 0 Å². The molecule has 5 aromatic rings. The van der Waals surface area contributed by atoms with Crippen molar-refractivity contribution in [3.63, 3.8) is 0 Å². The maximum Gasteiger partial charge on any atom is 0.297 e. The normalized spacial score (nSPS) is 16.0. The molecule has 7 nitrogen and oxygen atoms in total. The molecule has 6 rings (SSSR count). The van der Waals surface area contributed by atoms with E-state index in [1.54, 1.807) is 4.57 Å². The van der Waals surface area contributed by atoms with Crippen LogP contribution in [0.4, 0.5) is 0 Å². The second kappa shape index (κ2) is 9.02. The third-order valence-corrected chi connectivity index (χ3v) is 7.34. The third-order valence-electron chi connectivity index (χ3n) is 6.35. The summed E-state index contributed by atoms with van der Waals surface area (Å²) in [6.07, 6.45) is 1.93. The number of aryl methyl sites for hydroxylation is 2. The Morgan fingerprint density at radius 3 is 2.80 bits per heavy atom. The molecule has 35 heavy (non-hydrogen) atoms. The summed E-state index contributed by atoms with van der Waals surface area (Å²) in [4.78, 5) is 23.2. The molecule has 0 aliphatic carbocycles. The Labute approximate surface area is 206 Å². The standard InChI is InChI=1S/C27H25N3O4S/c1-16-7-5-8-18(13-16)25-28-21(17(2)33-25)15-35-27-29-23-20-10-3-4-11-22(20)34-24(23)26(31)30(27)14-19-9-6-12-32-19/h3-5,7-8,10-11,13,19H,6,9,12,14-15H2,1-2H3. The van der Waals surface area contributed by atoms with Gasteiger partial charge in [0.15, 0.2) is 5.16 Å². The summed E-state index contributed by atoms with van der Waals surface area (Å²) < 4.78 is 19.4. The first-order valence-electron chi connectivity index (χ1n) is 11.8. The maximum atomic E-state index is 13.5. The van der Waals surface area contributed by atoms with Crippen molar-refractivity contribution in [2.24, 2.45) is 0 Å². The summed E-state index contributed by atoms with van der Waals surface area (Å²) in [5.41, 5.74) is 4.29. The Kier molecular flexibility index (Phi) is 5.70. The summed E-state index contributed by atoms with van der Waals surface area (Å²) >= 11 is 1.48. The Morgan fingerprint density at radius 2 is 1.97 bits per heavy atom. The van der Waals surface area contributed by atoms with Crippen LogP contribution in [0.2, 0.25) is 0 Å². The van der Waals surface area contributed by atoms with E-state index in [2.05, 4.69) is 6.07 Å². The van der Waals surface area contributed by atoms with Gasteiger partial charge in [0.25, 0.3) is 5.56 Å². The fourth-order valence-corrected chi connectivity index (χ4v) is 5.52. The molecule has 1 fully saturated rings. The number of fused-ring (bicyclic) bond motifs is 3. The van der Waals surface area contributed by atoms with Crippen LogP contribution >= 0.6 is 11.8 Å². The summed E-state index contributed by atoms with van der Waals surface area (Å²) in [6.45, 7) is 5.14. The van der Waals surface area contributed by atoms with Crippen molar-refractivity contribution in [1.82, 2.24) is 14.5 Å². The van der Waals surface area contributed by atoms with Gasteiger partial charge in [-0.25, -0.2) is 9.97 Å². The quantitative estimate of drug-likeness (QED) is 0.218. The fraction of sp³-hybridized carbons (Fsp3) is 0.296. The lowest BCUT2D eigenvalue weighted by atomic mass is 10.1. The lowest BCUT2D eigenvalue weighted by Crippen LogP contribution is -2.28. The lowest BCUT2D eigenvalue weighted by molar-refractivity contribution is 0.0937. The first-order valence-corrected chi connectivity index (χ1v) is 12.8. The first kappa shape index (κ1) is 22.1. The second-order valence-corrected chi connectivity index (χ2v) is 9.84. The molecular formula is C27H25N3O4S. The van der Waals surface area contributed by atoms with E-state index in [4.69, 9.17) is 23.5 Å². The maximum absolute atomic E-state index is 13.5. The third kappa shape index (κ3) is 4.17. The van der Waals surface area contributed by atoms with Crippen molar-refractivity contribution in [3.05, 3.63) is 75.9 Å². The van der Waals surface area contributed by atoms with Gasteiger partial charge in [-0.1, -0.05) is 41.6 Å². The van der Waals surface area contributed by atoms with Crippen LogP contribution in [0, 0.1) is 13.8 Å². The zero-order chi connectivity index (χ0) is 23.9. The highest BCUT2D eigenvalue weighted by Gasteiger charge is 2.23. The number of benzene rings is 2. The van der Waals surface area contributed by atoms with Crippen LogP contribution in [0.15, 0.2) is 67.3 Å². The topological polar surface area (TPSA) is 83.3 Å². The molecule has 1 saturated heterocycles. The molecule has 0 N–H and O–H groups in total. The van der Waals surface area contributed by atoms with Crippen LogP contribution in [0.5, 0.6) is 0 Å². The van der Waals surface area contributed by atoms with Crippen LogP contribution in [0.25, 0.3) is 33.5 Å². The zero-order valence-corrected chi connectivity index (χ0v) is 20.4. The molecule has 2 aromatic carbocycles. The Morgan fingerprint density at radius 1 is 1.09 bits per heavy atom. The smallest absolute Gasteiger partial charge is 0.297 e. The van der Waals surface area contributed by atoms with Gasteiger partial charge in [0, 0.05) is 23.3 Å². The van der Waals surface area contributed by atoms with Gasteiger partial charge in [0.2, 0.25) is 11.5 Å². The molecule has 1 aliphatic rings. The second-order valence-electron chi connectivity index (χ2n) is 8.90. The van der Waals surface area contributed by atoms with E-state index in [9.17, 15) is 4.79 Å². The molecule has 0 saturated carbocycles. The van der Waals surface area contributed by atoms with E-state index in [0.717, 1.165) is 47.4 Å². The van der Waals surface area contributed by atoms with Crippen LogP contribution in [0.1, 0.15) is 29.9 Å². The Balaban J connectivity index is 1.38. The number of para-hydroxylation sites is 1. The van der Waals surface area contributed by atoms with Crippen molar-refractivity contribution in [2.75, 3.05) is 6.61 Å². The molecule has 8 heteroatoms. The minimum Gasteiger partial charge on any atom is -0.448 e. The average Bonchev–Trinajstić information content (AvgIpc) is 3.59. The van der Waals surface area contributed by atoms with Crippen LogP contribution in [0.3, 0.4) is 0 Å². The van der Waals surface area contributed by atoms with Crippen molar-refractivity contribution in [3.8, 4) is 11.5 Å². The fourth-order valence-electron chi connectivity index (χ4n) is 4.51. The zero-order valence-electron chi connectivity index (χ0n) is 19.6. The minimum absolute atomic E-state index is 0.00242. The van der Waals surface area contributed by atoms with Gasteiger partial charge in [-0.05, 0) is 51.0 Å². The number of ether oxygens (including phenoxy) is 1. The Hall–Kier alpha value is -3.36. The van der Waals surface area contributed by atoms with Gasteiger partial charge >= 0.3 is 0 Å². The highest BCUT2D eigenvalue weighted by molar-refractivity contribution is 7.98. The van der Waals surface area contributed by atoms with Crippen LogP contribution in [-0.4, -0.2) is 27.2 Å². The van der Waals surface area contributed by atoms with Crippen molar-refractivity contribution >= 4 is 33.8 Å². The monoisotopic (exact) mass is 487 g/mol. The van der Waals surface area contributed by atoms with Gasteiger partial charge in [-0.15, -0.1) is 0 Å². The van der Waals surface area contributed by atoms with Gasteiger partial charge in [-0.3, -0.25) is 9.36 Å². The highest BCUT2D eigenvalue weighted by atomic mass is 32.2. The molecule has 0 spiro atoms. The van der Waals surface area contributed by atoms with E-state index in [0.29, 0.717) is 34.4 Å². The number of thioether (sulfide) groups is 1. The average molecular weight is 488 g/mol. The molecule has 0 radical (unpaired) electrons. The summed E-state index contributed by atoms with van der Waals surface area (Å²) in [5, 5.41) is 1.47. The predicted molar refractivity (Wildman–Crippen MR) is 136 cm³/mol. The van der Waals surface area contributed by atoms with Crippen molar-refractivity contribution in [2.45, 2.75) is 50.2 Å². The van der Waals surface area contributed by atoms with E-state index in [-0.39, 0.29) is 17.2 Å². The van der Waals surface area contributed by atoms with Gasteiger partial charge in [0.1, 0.15) is 16.9 Å². The lowest BCUT2D eigenvalue weighted by Gasteiger charge is -2.15. The van der Waals surface area contributed by atoms with Gasteiger partial charge in [0.05, 0.1) is 18.3 Å². The van der Waals surface area contributed by atoms with E-state index < -0.39 is 0 Å². The molecule has 1 unspecified atom stereocenters. The molecule has 3 aromatic heterocycles. The number of rotatable bonds is 6. The number of hydrogen-bond acceptors (Lipinski definition) is 7. The Bertz CT molecular complexity index is 1590. The van der Waals surface area contributed by atoms with E-state index >= 15 is 0 Å². The molecular weight excluding hydrogens is 462 g/mol. The van der Waals surface area contributed by atoms with Crippen molar-refractivity contribution < 1.29 is 13.6 Å². The SMILES string of the molecule is Cc1cccc(-c2nc(CSc3nc4c(oc5ccccc54)c(=O)n3CC3CCCO3)c(C)o2)c1. The first-order chi connectivity index (χ1) is 17.1. The van der Waals surface area contributed by atoms with Gasteiger partial charge < -0.3 is 13.6 Å². The number of furan rings is 1. The van der Waals surface area contributed by atoms with Crippen LogP contribution < -0.4 is 5.56 Å². The predicted octanol–water partition coefficient (Wildman–Crippen LogP) is 5.89. The largest absolute Gasteiger partial charge is 0.448 e. The van der Waals surface area contributed by atoms with E-state index in [1.807, 2.05) is 56.3 Å². The minimum atomic E-state index is -0.179. The van der Waals surface area contributed by atoms with E-state index in [1.165, 1.54) is 11.8 Å². The molecule has 1 aliphatic heterocycles. The summed E-state index contributed by atoms with van der Waals surface area (Å²) in [6, 6.07) is 15.7.